The Morgan fingerprint density at radius 2 is 1.73 bits per heavy atom. The first-order chi connectivity index (χ1) is 14.7. The van der Waals surface area contributed by atoms with Crippen LogP contribution in [-0.4, -0.2) is 21.9 Å². The Morgan fingerprint density at radius 1 is 0.967 bits per heavy atom. The summed E-state index contributed by atoms with van der Waals surface area (Å²) in [5.74, 6) is 1.75. The van der Waals surface area contributed by atoms with Crippen molar-refractivity contribution in [3.63, 3.8) is 0 Å². The largest absolute Gasteiger partial charge is 0.457 e. The van der Waals surface area contributed by atoms with Crippen molar-refractivity contribution in [3.8, 4) is 23.0 Å². The highest BCUT2D eigenvalue weighted by atomic mass is 35.5. The van der Waals surface area contributed by atoms with Gasteiger partial charge in [-0.15, -0.1) is 10.2 Å². The molecule has 30 heavy (non-hydrogen) atoms. The van der Waals surface area contributed by atoms with Crippen LogP contribution in [0.2, 0.25) is 5.02 Å². The van der Waals surface area contributed by atoms with E-state index in [1.165, 1.54) is 0 Å². The first kappa shape index (κ1) is 20.0. The summed E-state index contributed by atoms with van der Waals surface area (Å²) in [5.41, 5.74) is 1.40. The van der Waals surface area contributed by atoms with Crippen molar-refractivity contribution in [1.29, 1.82) is 0 Å². The molecule has 8 heteroatoms. The van der Waals surface area contributed by atoms with Crippen LogP contribution in [0.1, 0.15) is 0 Å². The number of carbonyl (C=O) groups is 1. The van der Waals surface area contributed by atoms with Crippen LogP contribution in [0.5, 0.6) is 11.5 Å². The van der Waals surface area contributed by atoms with Crippen LogP contribution in [0.3, 0.4) is 0 Å². The Hall–Kier alpha value is -3.29. The normalized spacial score (nSPS) is 10.6. The average molecular weight is 438 g/mol. The summed E-state index contributed by atoms with van der Waals surface area (Å²) in [5, 5.41) is 11.7. The van der Waals surface area contributed by atoms with Gasteiger partial charge in [0.15, 0.2) is 0 Å². The van der Waals surface area contributed by atoms with Gasteiger partial charge in [0.25, 0.3) is 5.22 Å². The molecule has 0 saturated carbocycles. The van der Waals surface area contributed by atoms with Crippen LogP contribution >= 0.6 is 23.4 Å². The molecule has 0 fully saturated rings. The molecule has 150 valence electrons. The standard InChI is InChI=1S/C22H16ClN3O3S/c23-16-6-4-5-15(13-16)21-25-26-22(29-21)30-14-20(27)24-17-9-11-19(12-10-17)28-18-7-2-1-3-8-18/h1-13H,14H2,(H,24,27). The van der Waals surface area contributed by atoms with Gasteiger partial charge in [0.05, 0.1) is 5.75 Å². The van der Waals surface area contributed by atoms with Gasteiger partial charge in [-0.1, -0.05) is 47.6 Å². The van der Waals surface area contributed by atoms with Gasteiger partial charge in [0.1, 0.15) is 11.5 Å². The third-order valence-electron chi connectivity index (χ3n) is 3.92. The summed E-state index contributed by atoms with van der Waals surface area (Å²) in [6, 6.07) is 23.8. The smallest absolute Gasteiger partial charge is 0.277 e. The first-order valence-electron chi connectivity index (χ1n) is 9.01. The number of carbonyl (C=O) groups excluding carboxylic acids is 1. The van der Waals surface area contributed by atoms with Gasteiger partial charge in [-0.25, -0.2) is 0 Å². The molecule has 6 nitrogen and oxygen atoms in total. The van der Waals surface area contributed by atoms with E-state index in [2.05, 4.69) is 15.5 Å². The van der Waals surface area contributed by atoms with Gasteiger partial charge >= 0.3 is 0 Å². The van der Waals surface area contributed by atoms with Crippen molar-refractivity contribution in [1.82, 2.24) is 10.2 Å². The summed E-state index contributed by atoms with van der Waals surface area (Å²) in [6.07, 6.45) is 0. The Balaban J connectivity index is 1.29. The molecule has 1 N–H and O–H groups in total. The lowest BCUT2D eigenvalue weighted by Crippen LogP contribution is -2.13. The molecule has 0 saturated heterocycles. The molecule has 0 aliphatic heterocycles. The van der Waals surface area contributed by atoms with Gasteiger partial charge < -0.3 is 14.5 Å². The van der Waals surface area contributed by atoms with Gasteiger partial charge in [0, 0.05) is 16.3 Å². The molecule has 1 amide bonds. The molecule has 1 aromatic heterocycles. The number of ether oxygens (including phenoxy) is 1. The molecule has 0 unspecified atom stereocenters. The lowest BCUT2D eigenvalue weighted by molar-refractivity contribution is -0.113. The van der Waals surface area contributed by atoms with Crippen molar-refractivity contribution in [2.45, 2.75) is 5.22 Å². The second-order valence-electron chi connectivity index (χ2n) is 6.16. The quantitative estimate of drug-likeness (QED) is 0.362. The Morgan fingerprint density at radius 3 is 2.50 bits per heavy atom. The number of hydrogen-bond donors (Lipinski definition) is 1. The van der Waals surface area contributed by atoms with Crippen molar-refractivity contribution in [2.24, 2.45) is 0 Å². The maximum Gasteiger partial charge on any atom is 0.277 e. The molecular weight excluding hydrogens is 422 g/mol. The zero-order valence-corrected chi connectivity index (χ0v) is 17.2. The predicted octanol–water partition coefficient (Wildman–Crippen LogP) is 5.91. The average Bonchev–Trinajstić information content (AvgIpc) is 3.24. The zero-order chi connectivity index (χ0) is 20.8. The minimum atomic E-state index is -0.181. The van der Waals surface area contributed by atoms with Crippen molar-refractivity contribution < 1.29 is 13.9 Å². The van der Waals surface area contributed by atoms with Crippen molar-refractivity contribution in [3.05, 3.63) is 83.9 Å². The molecule has 4 aromatic rings. The SMILES string of the molecule is O=C(CSc1nnc(-c2cccc(Cl)c2)o1)Nc1ccc(Oc2ccccc2)cc1. The Kier molecular flexibility index (Phi) is 6.32. The summed E-state index contributed by atoms with van der Waals surface area (Å²) < 4.78 is 11.3. The second-order valence-corrected chi connectivity index (χ2v) is 7.52. The topological polar surface area (TPSA) is 77.2 Å². The predicted molar refractivity (Wildman–Crippen MR) is 117 cm³/mol. The zero-order valence-electron chi connectivity index (χ0n) is 15.6. The summed E-state index contributed by atoms with van der Waals surface area (Å²) in [6.45, 7) is 0. The fourth-order valence-corrected chi connectivity index (χ4v) is 3.31. The maximum atomic E-state index is 12.2. The fourth-order valence-electron chi connectivity index (χ4n) is 2.56. The first-order valence-corrected chi connectivity index (χ1v) is 10.4. The van der Waals surface area contributed by atoms with E-state index in [1.54, 1.807) is 42.5 Å². The molecular formula is C22H16ClN3O3S. The van der Waals surface area contributed by atoms with E-state index in [1.807, 2.05) is 36.4 Å². The Bertz CT molecular complexity index is 1130. The molecule has 0 aliphatic carbocycles. The molecule has 0 spiro atoms. The van der Waals surface area contributed by atoms with Gasteiger partial charge in [-0.2, -0.15) is 0 Å². The third kappa shape index (κ3) is 5.40. The molecule has 0 bridgehead atoms. The molecule has 0 radical (unpaired) electrons. The molecule has 0 aliphatic rings. The minimum Gasteiger partial charge on any atom is -0.457 e. The number of rotatable bonds is 7. The highest BCUT2D eigenvalue weighted by Gasteiger charge is 2.12. The number of thioether (sulfide) groups is 1. The number of aromatic nitrogens is 2. The van der Waals surface area contributed by atoms with E-state index in [4.69, 9.17) is 20.8 Å². The molecule has 4 rings (SSSR count). The Labute approximate surface area is 182 Å². The van der Waals surface area contributed by atoms with Crippen molar-refractivity contribution in [2.75, 3.05) is 11.1 Å². The molecule has 0 atom stereocenters. The third-order valence-corrected chi connectivity index (χ3v) is 4.98. The van der Waals surface area contributed by atoms with Crippen LogP contribution in [0.25, 0.3) is 11.5 Å². The van der Waals surface area contributed by atoms with Crippen molar-refractivity contribution >= 4 is 35.0 Å². The summed E-state index contributed by atoms with van der Waals surface area (Å²) in [4.78, 5) is 12.2. The van der Waals surface area contributed by atoms with E-state index >= 15 is 0 Å². The van der Waals surface area contributed by atoms with Crippen LogP contribution < -0.4 is 10.1 Å². The van der Waals surface area contributed by atoms with Crippen LogP contribution in [0.15, 0.2) is 88.5 Å². The highest BCUT2D eigenvalue weighted by molar-refractivity contribution is 7.99. The van der Waals surface area contributed by atoms with Crippen LogP contribution in [0, 0.1) is 0 Å². The number of nitrogens with one attached hydrogen (secondary N) is 1. The van der Waals surface area contributed by atoms with Gasteiger partial charge in [0.2, 0.25) is 11.8 Å². The summed E-state index contributed by atoms with van der Waals surface area (Å²) >= 11 is 7.14. The number of halogens is 1. The lowest BCUT2D eigenvalue weighted by Gasteiger charge is -2.07. The van der Waals surface area contributed by atoms with Gasteiger partial charge in [-0.3, -0.25) is 4.79 Å². The van der Waals surface area contributed by atoms with E-state index in [-0.39, 0.29) is 11.7 Å². The van der Waals surface area contributed by atoms with Crippen LogP contribution in [-0.2, 0) is 4.79 Å². The number of nitrogens with zero attached hydrogens (tertiary/aromatic N) is 2. The maximum absolute atomic E-state index is 12.2. The molecule has 1 heterocycles. The number of anilines is 1. The number of amides is 1. The fraction of sp³-hybridized carbons (Fsp3) is 0.0455. The lowest BCUT2D eigenvalue weighted by atomic mass is 10.2. The van der Waals surface area contributed by atoms with E-state index in [9.17, 15) is 4.79 Å². The van der Waals surface area contributed by atoms with E-state index < -0.39 is 0 Å². The molecule has 3 aromatic carbocycles. The summed E-state index contributed by atoms with van der Waals surface area (Å²) in [7, 11) is 0. The highest BCUT2D eigenvalue weighted by Crippen LogP contribution is 2.26. The number of hydrogen-bond acceptors (Lipinski definition) is 6. The van der Waals surface area contributed by atoms with Crippen LogP contribution in [0.4, 0.5) is 5.69 Å². The monoisotopic (exact) mass is 437 g/mol. The van der Waals surface area contributed by atoms with E-state index in [0.29, 0.717) is 27.6 Å². The number of benzene rings is 3. The minimum absolute atomic E-state index is 0.138. The second kappa shape index (κ2) is 9.47. The number of para-hydroxylation sites is 1. The van der Waals surface area contributed by atoms with E-state index in [0.717, 1.165) is 23.1 Å². The van der Waals surface area contributed by atoms with Gasteiger partial charge in [-0.05, 0) is 54.6 Å².